The molecule has 1 saturated carbocycles. The maximum atomic E-state index is 10.3. The topological polar surface area (TPSA) is 51.2 Å². The normalized spacial score (nSPS) is 37.6. The molecule has 5 heteroatoms. The molecule has 2 saturated heterocycles. The third kappa shape index (κ3) is 3.17. The molecule has 3 aliphatic rings. The lowest BCUT2D eigenvalue weighted by Crippen LogP contribution is -2.53. The molecule has 20 heavy (non-hydrogen) atoms. The zero-order valence-corrected chi connectivity index (χ0v) is 12.4. The van der Waals surface area contributed by atoms with Crippen LogP contribution in [0.25, 0.3) is 0 Å². The lowest BCUT2D eigenvalue weighted by molar-refractivity contribution is -0.205. The second-order valence-electron chi connectivity index (χ2n) is 6.41. The van der Waals surface area contributed by atoms with Crippen LogP contribution in [0.3, 0.4) is 0 Å². The molecule has 0 amide bonds. The van der Waals surface area contributed by atoms with Gasteiger partial charge in [0.1, 0.15) is 0 Å². The van der Waals surface area contributed by atoms with Gasteiger partial charge >= 0.3 is 0 Å². The zero-order valence-electron chi connectivity index (χ0n) is 12.4. The maximum Gasteiger partial charge on any atom is 0.170 e. The highest BCUT2D eigenvalue weighted by atomic mass is 16.7. The summed E-state index contributed by atoms with van der Waals surface area (Å²) in [6.07, 6.45) is 5.90. The fourth-order valence-corrected chi connectivity index (χ4v) is 3.73. The zero-order chi connectivity index (χ0) is 14.0. The molecule has 0 aromatic carbocycles. The largest absolute Gasteiger partial charge is 0.391 e. The van der Waals surface area contributed by atoms with Crippen LogP contribution in [0.1, 0.15) is 38.5 Å². The molecule has 116 valence electrons. The smallest absolute Gasteiger partial charge is 0.170 e. The summed E-state index contributed by atoms with van der Waals surface area (Å²) in [6, 6.07) is 0.104. The van der Waals surface area contributed by atoms with Crippen molar-refractivity contribution in [3.8, 4) is 0 Å². The first-order chi connectivity index (χ1) is 9.69. The number of hydrogen-bond donors (Lipinski definition) is 1. The van der Waals surface area contributed by atoms with Gasteiger partial charge in [-0.25, -0.2) is 0 Å². The minimum Gasteiger partial charge on any atom is -0.391 e. The van der Waals surface area contributed by atoms with Crippen LogP contribution in [0, 0.1) is 0 Å². The predicted octanol–water partition coefficient (Wildman–Crippen LogP) is 1.14. The van der Waals surface area contributed by atoms with E-state index in [9.17, 15) is 5.11 Å². The van der Waals surface area contributed by atoms with Crippen LogP contribution in [0.4, 0.5) is 0 Å². The van der Waals surface area contributed by atoms with Crippen molar-refractivity contribution >= 4 is 0 Å². The second kappa shape index (κ2) is 6.28. The molecule has 1 aliphatic carbocycles. The molecule has 0 bridgehead atoms. The minimum atomic E-state index is -0.439. The average Bonchev–Trinajstić information content (AvgIpc) is 2.91. The highest BCUT2D eigenvalue weighted by Gasteiger charge is 2.46. The summed E-state index contributed by atoms with van der Waals surface area (Å²) in [4.78, 5) is 2.24. The van der Waals surface area contributed by atoms with Gasteiger partial charge in [-0.2, -0.15) is 0 Å². The van der Waals surface area contributed by atoms with Crippen molar-refractivity contribution < 1.29 is 19.3 Å². The Kier molecular flexibility index (Phi) is 4.62. The molecule has 3 rings (SSSR count). The van der Waals surface area contributed by atoms with E-state index in [0.29, 0.717) is 19.3 Å². The summed E-state index contributed by atoms with van der Waals surface area (Å²) in [5.41, 5.74) is 0. The summed E-state index contributed by atoms with van der Waals surface area (Å²) < 4.78 is 17.4. The van der Waals surface area contributed by atoms with Gasteiger partial charge < -0.3 is 19.3 Å². The Morgan fingerprint density at radius 2 is 1.95 bits per heavy atom. The first kappa shape index (κ1) is 14.7. The van der Waals surface area contributed by atoms with Crippen molar-refractivity contribution in [3.05, 3.63) is 0 Å². The van der Waals surface area contributed by atoms with Gasteiger partial charge in [0, 0.05) is 32.0 Å². The summed E-state index contributed by atoms with van der Waals surface area (Å²) in [5.74, 6) is -0.439. The monoisotopic (exact) mass is 285 g/mol. The number of likely N-dealkylation sites (N-methyl/N-ethyl adjacent to an activating group) is 1. The highest BCUT2D eigenvalue weighted by molar-refractivity contribution is 4.93. The molecule has 1 spiro atoms. The predicted molar refractivity (Wildman–Crippen MR) is 74.5 cm³/mol. The van der Waals surface area contributed by atoms with E-state index in [1.165, 1.54) is 12.8 Å². The molecule has 1 N–H and O–H groups in total. The van der Waals surface area contributed by atoms with E-state index in [4.69, 9.17) is 14.2 Å². The number of nitrogens with zero attached hydrogens (tertiary/aromatic N) is 1. The van der Waals surface area contributed by atoms with Crippen LogP contribution in [-0.4, -0.2) is 67.5 Å². The van der Waals surface area contributed by atoms with E-state index >= 15 is 0 Å². The van der Waals surface area contributed by atoms with Crippen LogP contribution in [-0.2, 0) is 14.2 Å². The number of aliphatic hydroxyl groups is 1. The van der Waals surface area contributed by atoms with Crippen molar-refractivity contribution in [2.24, 2.45) is 0 Å². The third-order valence-corrected chi connectivity index (χ3v) is 4.93. The van der Waals surface area contributed by atoms with E-state index in [0.717, 1.165) is 38.8 Å². The fraction of sp³-hybridized carbons (Fsp3) is 1.00. The molecule has 0 radical (unpaired) electrons. The molecule has 2 aliphatic heterocycles. The van der Waals surface area contributed by atoms with Gasteiger partial charge in [-0.1, -0.05) is 0 Å². The lowest BCUT2D eigenvalue weighted by Gasteiger charge is -2.43. The summed E-state index contributed by atoms with van der Waals surface area (Å²) in [7, 11) is 2.08. The molecule has 3 atom stereocenters. The van der Waals surface area contributed by atoms with E-state index in [1.807, 2.05) is 0 Å². The Morgan fingerprint density at radius 1 is 1.15 bits per heavy atom. The molecular formula is C15H27NO4. The van der Waals surface area contributed by atoms with Gasteiger partial charge in [-0.15, -0.1) is 0 Å². The van der Waals surface area contributed by atoms with Crippen molar-refractivity contribution in [1.82, 2.24) is 4.90 Å². The van der Waals surface area contributed by atoms with E-state index in [-0.39, 0.29) is 12.1 Å². The first-order valence-corrected chi connectivity index (χ1v) is 7.96. The van der Waals surface area contributed by atoms with E-state index in [2.05, 4.69) is 11.9 Å². The Balaban J connectivity index is 1.58. The molecule has 0 aromatic rings. The molecule has 2 heterocycles. The lowest BCUT2D eigenvalue weighted by atomic mass is 9.86. The highest BCUT2D eigenvalue weighted by Crippen LogP contribution is 2.37. The van der Waals surface area contributed by atoms with Crippen molar-refractivity contribution in [3.63, 3.8) is 0 Å². The van der Waals surface area contributed by atoms with Gasteiger partial charge in [0.05, 0.1) is 25.4 Å². The molecule has 0 aromatic heterocycles. The Hall–Kier alpha value is -0.200. The number of hydrogen-bond acceptors (Lipinski definition) is 5. The Labute approximate surface area is 121 Å². The van der Waals surface area contributed by atoms with Crippen molar-refractivity contribution in [2.45, 2.75) is 62.6 Å². The number of ether oxygens (including phenoxy) is 3. The van der Waals surface area contributed by atoms with Crippen LogP contribution >= 0.6 is 0 Å². The van der Waals surface area contributed by atoms with Gasteiger partial charge in [0.25, 0.3) is 0 Å². The van der Waals surface area contributed by atoms with E-state index in [1.54, 1.807) is 0 Å². The number of rotatable bonds is 3. The van der Waals surface area contributed by atoms with Crippen LogP contribution in [0.15, 0.2) is 0 Å². The molecular weight excluding hydrogens is 258 g/mol. The molecule has 3 unspecified atom stereocenters. The van der Waals surface area contributed by atoms with Gasteiger partial charge in [-0.3, -0.25) is 4.90 Å². The SMILES string of the molecule is CN(CC1CCCCO1)C1CC2(CCC1O)OCCO2. The summed E-state index contributed by atoms with van der Waals surface area (Å²) in [5, 5.41) is 10.3. The Morgan fingerprint density at radius 3 is 2.65 bits per heavy atom. The summed E-state index contributed by atoms with van der Waals surface area (Å²) >= 11 is 0. The summed E-state index contributed by atoms with van der Waals surface area (Å²) in [6.45, 7) is 3.12. The first-order valence-electron chi connectivity index (χ1n) is 7.96. The minimum absolute atomic E-state index is 0.104. The third-order valence-electron chi connectivity index (χ3n) is 4.93. The van der Waals surface area contributed by atoms with E-state index < -0.39 is 5.79 Å². The fourth-order valence-electron chi connectivity index (χ4n) is 3.73. The van der Waals surface area contributed by atoms with Gasteiger partial charge in [-0.05, 0) is 32.7 Å². The number of aliphatic hydroxyl groups excluding tert-OH is 1. The molecule has 5 nitrogen and oxygen atoms in total. The standard InChI is InChI=1S/C15H27NO4/c1-16(11-12-4-2-3-7-18-12)13-10-15(6-5-14(13)17)19-8-9-20-15/h12-14,17H,2-11H2,1H3. The van der Waals surface area contributed by atoms with Crippen LogP contribution < -0.4 is 0 Å². The van der Waals surface area contributed by atoms with Crippen molar-refractivity contribution in [2.75, 3.05) is 33.4 Å². The van der Waals surface area contributed by atoms with Gasteiger partial charge in [0.2, 0.25) is 0 Å². The van der Waals surface area contributed by atoms with Gasteiger partial charge in [0.15, 0.2) is 5.79 Å². The second-order valence-corrected chi connectivity index (χ2v) is 6.41. The average molecular weight is 285 g/mol. The quantitative estimate of drug-likeness (QED) is 0.843. The Bertz CT molecular complexity index is 313. The molecule has 3 fully saturated rings. The van der Waals surface area contributed by atoms with Crippen molar-refractivity contribution in [1.29, 1.82) is 0 Å². The maximum absolute atomic E-state index is 10.3. The van der Waals surface area contributed by atoms with Crippen LogP contribution in [0.2, 0.25) is 0 Å². The van der Waals surface area contributed by atoms with Crippen LogP contribution in [0.5, 0.6) is 0 Å².